The minimum absolute atomic E-state index is 0.0486. The Morgan fingerprint density at radius 1 is 1.50 bits per heavy atom. The Balaban J connectivity index is 1.89. The third-order valence-corrected chi connectivity index (χ3v) is 4.92. The SMILES string of the molecule is COC(=O)CS[C@@H]1CCN(C(=O)c2cccc(Br)c2)C1. The van der Waals surface area contributed by atoms with Crippen molar-refractivity contribution in [3.63, 3.8) is 0 Å². The van der Waals surface area contributed by atoms with E-state index in [9.17, 15) is 9.59 Å². The number of hydrogen-bond acceptors (Lipinski definition) is 4. The van der Waals surface area contributed by atoms with Crippen LogP contribution in [-0.4, -0.2) is 48.0 Å². The summed E-state index contributed by atoms with van der Waals surface area (Å²) in [6.45, 7) is 1.43. The number of carbonyl (C=O) groups is 2. The Bertz CT molecular complexity index is 509. The van der Waals surface area contributed by atoms with Gasteiger partial charge in [0.1, 0.15) is 0 Å². The van der Waals surface area contributed by atoms with Crippen LogP contribution in [0.15, 0.2) is 28.7 Å². The summed E-state index contributed by atoms with van der Waals surface area (Å²) >= 11 is 4.93. The van der Waals surface area contributed by atoms with Crippen molar-refractivity contribution in [3.05, 3.63) is 34.3 Å². The number of likely N-dealkylation sites (tertiary alicyclic amines) is 1. The molecule has 1 fully saturated rings. The summed E-state index contributed by atoms with van der Waals surface area (Å²) in [6.07, 6.45) is 0.918. The molecule has 1 amide bonds. The Morgan fingerprint density at radius 3 is 3.00 bits per heavy atom. The molecule has 1 aromatic carbocycles. The molecule has 1 atom stereocenters. The highest BCUT2D eigenvalue weighted by atomic mass is 79.9. The number of benzene rings is 1. The maximum atomic E-state index is 12.3. The Labute approximate surface area is 131 Å². The van der Waals surface area contributed by atoms with Crippen molar-refractivity contribution in [2.75, 3.05) is 26.0 Å². The second kappa shape index (κ2) is 7.13. The van der Waals surface area contributed by atoms with Crippen molar-refractivity contribution in [3.8, 4) is 0 Å². The van der Waals surface area contributed by atoms with Crippen LogP contribution >= 0.6 is 27.7 Å². The number of halogens is 1. The first kappa shape index (κ1) is 15.4. The number of esters is 1. The molecule has 1 saturated heterocycles. The van der Waals surface area contributed by atoms with Gasteiger partial charge in [-0.15, -0.1) is 11.8 Å². The first-order valence-electron chi connectivity index (χ1n) is 6.33. The van der Waals surface area contributed by atoms with Crippen molar-refractivity contribution < 1.29 is 14.3 Å². The van der Waals surface area contributed by atoms with Gasteiger partial charge in [0.05, 0.1) is 12.9 Å². The lowest BCUT2D eigenvalue weighted by atomic mass is 10.2. The van der Waals surface area contributed by atoms with Crippen LogP contribution in [0.5, 0.6) is 0 Å². The van der Waals surface area contributed by atoms with Crippen molar-refractivity contribution >= 4 is 39.6 Å². The van der Waals surface area contributed by atoms with Crippen molar-refractivity contribution in [2.24, 2.45) is 0 Å². The van der Waals surface area contributed by atoms with E-state index >= 15 is 0 Å². The summed E-state index contributed by atoms with van der Waals surface area (Å²) in [5.41, 5.74) is 0.693. The average molecular weight is 358 g/mol. The first-order chi connectivity index (χ1) is 9.60. The van der Waals surface area contributed by atoms with E-state index in [1.165, 1.54) is 7.11 Å². The summed E-state index contributed by atoms with van der Waals surface area (Å²) in [6, 6.07) is 7.41. The fourth-order valence-electron chi connectivity index (χ4n) is 2.10. The van der Waals surface area contributed by atoms with Gasteiger partial charge in [0.25, 0.3) is 5.91 Å². The van der Waals surface area contributed by atoms with E-state index in [1.54, 1.807) is 11.8 Å². The molecule has 0 aliphatic carbocycles. The molecule has 0 radical (unpaired) electrons. The lowest BCUT2D eigenvalue weighted by Crippen LogP contribution is -2.29. The predicted molar refractivity (Wildman–Crippen MR) is 82.9 cm³/mol. The Kier molecular flexibility index (Phi) is 5.48. The van der Waals surface area contributed by atoms with E-state index in [-0.39, 0.29) is 11.9 Å². The number of carbonyl (C=O) groups excluding carboxylic acids is 2. The molecule has 108 valence electrons. The highest BCUT2D eigenvalue weighted by Gasteiger charge is 2.27. The smallest absolute Gasteiger partial charge is 0.315 e. The van der Waals surface area contributed by atoms with Gasteiger partial charge in [0, 0.05) is 28.4 Å². The van der Waals surface area contributed by atoms with E-state index in [2.05, 4.69) is 20.7 Å². The number of methoxy groups -OCH3 is 1. The molecule has 6 heteroatoms. The topological polar surface area (TPSA) is 46.6 Å². The lowest BCUT2D eigenvalue weighted by Gasteiger charge is -2.16. The number of amides is 1. The molecule has 0 unspecified atom stereocenters. The molecule has 0 spiro atoms. The fourth-order valence-corrected chi connectivity index (χ4v) is 3.54. The monoisotopic (exact) mass is 357 g/mol. The van der Waals surface area contributed by atoms with Gasteiger partial charge in [-0.25, -0.2) is 0 Å². The molecule has 1 aliphatic rings. The average Bonchev–Trinajstić information content (AvgIpc) is 2.92. The van der Waals surface area contributed by atoms with E-state index in [0.717, 1.165) is 17.4 Å². The largest absolute Gasteiger partial charge is 0.468 e. The van der Waals surface area contributed by atoms with Crippen LogP contribution in [-0.2, 0) is 9.53 Å². The zero-order valence-corrected chi connectivity index (χ0v) is 13.6. The third-order valence-electron chi connectivity index (χ3n) is 3.17. The number of hydrogen-bond donors (Lipinski definition) is 0. The van der Waals surface area contributed by atoms with Crippen molar-refractivity contribution in [2.45, 2.75) is 11.7 Å². The first-order valence-corrected chi connectivity index (χ1v) is 8.17. The van der Waals surface area contributed by atoms with Crippen LogP contribution in [0.4, 0.5) is 0 Å². The highest BCUT2D eigenvalue weighted by molar-refractivity contribution is 9.10. The minimum Gasteiger partial charge on any atom is -0.468 e. The lowest BCUT2D eigenvalue weighted by molar-refractivity contribution is -0.137. The van der Waals surface area contributed by atoms with Crippen LogP contribution < -0.4 is 0 Å². The van der Waals surface area contributed by atoms with E-state index < -0.39 is 0 Å². The maximum absolute atomic E-state index is 12.3. The van der Waals surface area contributed by atoms with Gasteiger partial charge in [0.2, 0.25) is 0 Å². The normalized spacial score (nSPS) is 18.1. The molecule has 0 saturated carbocycles. The molecule has 1 aliphatic heterocycles. The summed E-state index contributed by atoms with van der Waals surface area (Å²) in [5, 5.41) is 0.310. The van der Waals surface area contributed by atoms with Crippen LogP contribution in [0, 0.1) is 0 Å². The van der Waals surface area contributed by atoms with Gasteiger partial charge >= 0.3 is 5.97 Å². The van der Waals surface area contributed by atoms with E-state index in [1.807, 2.05) is 29.2 Å². The summed E-state index contributed by atoms with van der Waals surface area (Å²) in [7, 11) is 1.39. The van der Waals surface area contributed by atoms with Gasteiger partial charge in [0.15, 0.2) is 0 Å². The van der Waals surface area contributed by atoms with Crippen molar-refractivity contribution in [1.82, 2.24) is 4.90 Å². The van der Waals surface area contributed by atoms with E-state index in [4.69, 9.17) is 0 Å². The van der Waals surface area contributed by atoms with Crippen LogP contribution in [0.1, 0.15) is 16.8 Å². The molecular formula is C14H16BrNO3S. The molecule has 4 nitrogen and oxygen atoms in total. The molecule has 0 aromatic heterocycles. The zero-order valence-electron chi connectivity index (χ0n) is 11.2. The molecule has 0 bridgehead atoms. The van der Waals surface area contributed by atoms with Crippen LogP contribution in [0.2, 0.25) is 0 Å². The van der Waals surface area contributed by atoms with Gasteiger partial charge in [-0.3, -0.25) is 9.59 Å². The molecule has 1 aromatic rings. The number of thioether (sulfide) groups is 1. The minimum atomic E-state index is -0.216. The highest BCUT2D eigenvalue weighted by Crippen LogP contribution is 2.24. The van der Waals surface area contributed by atoms with Gasteiger partial charge in [-0.2, -0.15) is 0 Å². The third kappa shape index (κ3) is 3.99. The molecule has 0 N–H and O–H groups in total. The number of rotatable bonds is 4. The maximum Gasteiger partial charge on any atom is 0.315 e. The predicted octanol–water partition coefficient (Wildman–Crippen LogP) is 2.57. The second-order valence-electron chi connectivity index (χ2n) is 4.56. The quantitative estimate of drug-likeness (QED) is 0.777. The summed E-state index contributed by atoms with van der Waals surface area (Å²) in [5.74, 6) is 0.180. The van der Waals surface area contributed by atoms with Crippen LogP contribution in [0.3, 0.4) is 0 Å². The summed E-state index contributed by atoms with van der Waals surface area (Å²) < 4.78 is 5.52. The number of ether oxygens (including phenoxy) is 1. The van der Waals surface area contributed by atoms with E-state index in [0.29, 0.717) is 23.1 Å². The van der Waals surface area contributed by atoms with Gasteiger partial charge < -0.3 is 9.64 Å². The molecule has 1 heterocycles. The Morgan fingerprint density at radius 2 is 2.30 bits per heavy atom. The second-order valence-corrected chi connectivity index (χ2v) is 6.76. The summed E-state index contributed by atoms with van der Waals surface area (Å²) in [4.78, 5) is 25.3. The number of nitrogens with zero attached hydrogens (tertiary/aromatic N) is 1. The van der Waals surface area contributed by atoms with Crippen molar-refractivity contribution in [1.29, 1.82) is 0 Å². The zero-order chi connectivity index (χ0) is 14.5. The van der Waals surface area contributed by atoms with Gasteiger partial charge in [-0.05, 0) is 24.6 Å². The standard InChI is InChI=1S/C14H16BrNO3S/c1-19-13(17)9-20-12-5-6-16(8-12)14(18)10-3-2-4-11(15)7-10/h2-4,7,12H,5-6,8-9H2,1H3/t12-/m1/s1. The molecular weight excluding hydrogens is 342 g/mol. The molecule has 20 heavy (non-hydrogen) atoms. The molecule has 2 rings (SSSR count). The van der Waals surface area contributed by atoms with Crippen LogP contribution in [0.25, 0.3) is 0 Å². The van der Waals surface area contributed by atoms with Gasteiger partial charge in [-0.1, -0.05) is 22.0 Å². The Hall–Kier alpha value is -1.01. The fraction of sp³-hybridized carbons (Fsp3) is 0.429.